The molecule has 8 nitrogen and oxygen atoms in total. The van der Waals surface area contributed by atoms with Crippen LogP contribution in [0.2, 0.25) is 0 Å². The van der Waals surface area contributed by atoms with Crippen LogP contribution in [0.5, 0.6) is 0 Å². The van der Waals surface area contributed by atoms with Gasteiger partial charge < -0.3 is 10.2 Å². The number of nitrogens with one attached hydrogen (secondary N) is 1. The second-order valence-corrected chi connectivity index (χ2v) is 8.13. The van der Waals surface area contributed by atoms with E-state index in [2.05, 4.69) is 32.3 Å². The van der Waals surface area contributed by atoms with Crippen LogP contribution in [-0.2, 0) is 6.18 Å². The SMILES string of the molecule is Cc1ccc(-n2cccn2)c(C(=O)N2CCCC(C)C2CNc2ncc(C(F)(F)F)cn2)n1. The average Bonchev–Trinajstić information content (AvgIpc) is 3.32. The maximum atomic E-state index is 13.6. The maximum absolute atomic E-state index is 13.6. The summed E-state index contributed by atoms with van der Waals surface area (Å²) in [5.41, 5.74) is 0.704. The number of piperidine rings is 1. The molecule has 2 atom stereocenters. The highest BCUT2D eigenvalue weighted by Crippen LogP contribution is 2.29. The molecule has 3 aromatic heterocycles. The van der Waals surface area contributed by atoms with Crippen LogP contribution in [0.15, 0.2) is 43.0 Å². The molecule has 1 aliphatic rings. The first kappa shape index (κ1) is 22.7. The first-order valence-corrected chi connectivity index (χ1v) is 10.7. The predicted molar refractivity (Wildman–Crippen MR) is 115 cm³/mol. The number of likely N-dealkylation sites (tertiary alicyclic amines) is 1. The number of carbonyl (C=O) groups is 1. The van der Waals surface area contributed by atoms with Crippen molar-refractivity contribution in [3.63, 3.8) is 0 Å². The van der Waals surface area contributed by atoms with Crippen molar-refractivity contribution in [3.8, 4) is 5.69 Å². The zero-order valence-corrected chi connectivity index (χ0v) is 18.3. The Labute approximate surface area is 188 Å². The number of rotatable bonds is 5. The molecule has 3 aromatic rings. The minimum atomic E-state index is -4.49. The van der Waals surface area contributed by atoms with Crippen molar-refractivity contribution in [3.05, 3.63) is 59.9 Å². The molecule has 4 heterocycles. The molecule has 1 amide bonds. The Morgan fingerprint density at radius 3 is 2.67 bits per heavy atom. The van der Waals surface area contributed by atoms with E-state index in [1.807, 2.05) is 19.1 Å². The molecule has 2 unspecified atom stereocenters. The van der Waals surface area contributed by atoms with E-state index >= 15 is 0 Å². The van der Waals surface area contributed by atoms with Crippen LogP contribution >= 0.6 is 0 Å². The van der Waals surface area contributed by atoms with E-state index in [4.69, 9.17) is 0 Å². The second-order valence-electron chi connectivity index (χ2n) is 8.13. The van der Waals surface area contributed by atoms with E-state index in [-0.39, 0.29) is 23.8 Å². The maximum Gasteiger partial charge on any atom is 0.419 e. The Hall–Kier alpha value is -3.50. The van der Waals surface area contributed by atoms with Crippen LogP contribution in [-0.4, -0.2) is 54.7 Å². The van der Waals surface area contributed by atoms with Gasteiger partial charge in [-0.1, -0.05) is 6.92 Å². The molecule has 0 saturated carbocycles. The molecular weight excluding hydrogens is 435 g/mol. The number of halogens is 3. The second kappa shape index (κ2) is 9.16. The van der Waals surface area contributed by atoms with Crippen LogP contribution in [0.1, 0.15) is 41.5 Å². The molecule has 1 saturated heterocycles. The van der Waals surface area contributed by atoms with Gasteiger partial charge in [0.05, 0.1) is 17.3 Å². The quantitative estimate of drug-likeness (QED) is 0.625. The van der Waals surface area contributed by atoms with E-state index in [0.717, 1.165) is 25.2 Å². The zero-order valence-electron chi connectivity index (χ0n) is 18.3. The Kier molecular flexibility index (Phi) is 6.30. The normalized spacial score (nSPS) is 18.9. The Bertz CT molecular complexity index is 1100. The van der Waals surface area contributed by atoms with Gasteiger partial charge in [-0.25, -0.2) is 19.6 Å². The minimum absolute atomic E-state index is 0.0825. The summed E-state index contributed by atoms with van der Waals surface area (Å²) in [4.78, 5) is 27.5. The standard InChI is InChI=1S/C22H24F3N7O/c1-14-5-3-9-31(18(14)13-28-21-26-11-16(12-27-21)22(23,24)25)20(33)19-17(7-6-15(2)30-19)32-10-4-8-29-32/h4,6-8,10-12,14,18H,3,5,9,13H2,1-2H3,(H,26,27,28). The molecule has 1 aliphatic heterocycles. The number of hydrogen-bond donors (Lipinski definition) is 1. The van der Waals surface area contributed by atoms with Crippen molar-refractivity contribution in [1.29, 1.82) is 0 Å². The third kappa shape index (κ3) is 4.96. The molecular formula is C22H24F3N7O. The number of nitrogens with zero attached hydrogens (tertiary/aromatic N) is 6. The number of amides is 1. The zero-order chi connectivity index (χ0) is 23.6. The molecule has 33 heavy (non-hydrogen) atoms. The summed E-state index contributed by atoms with van der Waals surface area (Å²) in [7, 11) is 0. The van der Waals surface area contributed by atoms with Gasteiger partial charge in [-0.15, -0.1) is 0 Å². The minimum Gasteiger partial charge on any atom is -0.352 e. The number of aryl methyl sites for hydroxylation is 1. The third-order valence-corrected chi connectivity index (χ3v) is 5.79. The Morgan fingerprint density at radius 2 is 2.00 bits per heavy atom. The number of alkyl halides is 3. The molecule has 1 N–H and O–H groups in total. The lowest BCUT2D eigenvalue weighted by molar-refractivity contribution is -0.138. The lowest BCUT2D eigenvalue weighted by Crippen LogP contribution is -2.51. The van der Waals surface area contributed by atoms with E-state index < -0.39 is 11.7 Å². The smallest absolute Gasteiger partial charge is 0.352 e. The van der Waals surface area contributed by atoms with Crippen LogP contribution < -0.4 is 5.32 Å². The van der Waals surface area contributed by atoms with Gasteiger partial charge in [0, 0.05) is 43.6 Å². The average molecular weight is 459 g/mol. The molecule has 11 heteroatoms. The highest BCUT2D eigenvalue weighted by Gasteiger charge is 2.35. The molecule has 0 aliphatic carbocycles. The number of carbonyl (C=O) groups excluding carboxylic acids is 1. The summed E-state index contributed by atoms with van der Waals surface area (Å²) in [6.07, 6.45) is 2.16. The van der Waals surface area contributed by atoms with Gasteiger partial charge in [0.25, 0.3) is 5.91 Å². The molecule has 0 spiro atoms. The van der Waals surface area contributed by atoms with E-state index in [0.29, 0.717) is 30.2 Å². The summed E-state index contributed by atoms with van der Waals surface area (Å²) in [6.45, 7) is 4.74. The van der Waals surface area contributed by atoms with Gasteiger partial charge in [-0.3, -0.25) is 4.79 Å². The van der Waals surface area contributed by atoms with Crippen molar-refractivity contribution < 1.29 is 18.0 Å². The number of anilines is 1. The van der Waals surface area contributed by atoms with Gasteiger partial charge in [0.15, 0.2) is 5.69 Å². The van der Waals surface area contributed by atoms with Gasteiger partial charge in [-0.05, 0) is 43.9 Å². The van der Waals surface area contributed by atoms with E-state index in [9.17, 15) is 18.0 Å². The van der Waals surface area contributed by atoms with Crippen LogP contribution in [0.25, 0.3) is 5.69 Å². The van der Waals surface area contributed by atoms with Gasteiger partial charge >= 0.3 is 6.18 Å². The lowest BCUT2D eigenvalue weighted by atomic mass is 9.90. The van der Waals surface area contributed by atoms with Gasteiger partial charge in [0.1, 0.15) is 0 Å². The topological polar surface area (TPSA) is 88.8 Å². The first-order chi connectivity index (χ1) is 15.7. The molecule has 0 radical (unpaired) electrons. The molecule has 0 bridgehead atoms. The number of pyridine rings is 1. The highest BCUT2D eigenvalue weighted by molar-refractivity contribution is 5.96. The summed E-state index contributed by atoms with van der Waals surface area (Å²) >= 11 is 0. The summed E-state index contributed by atoms with van der Waals surface area (Å²) < 4.78 is 39.9. The molecule has 4 rings (SSSR count). The van der Waals surface area contributed by atoms with E-state index in [1.54, 1.807) is 28.0 Å². The summed E-state index contributed by atoms with van der Waals surface area (Å²) in [5, 5.41) is 7.23. The number of hydrogen-bond acceptors (Lipinski definition) is 6. The van der Waals surface area contributed by atoms with Crippen molar-refractivity contribution in [2.24, 2.45) is 5.92 Å². The first-order valence-electron chi connectivity index (χ1n) is 10.7. The Morgan fingerprint density at radius 1 is 1.24 bits per heavy atom. The number of aromatic nitrogens is 5. The van der Waals surface area contributed by atoms with Crippen LogP contribution in [0.3, 0.4) is 0 Å². The summed E-state index contributed by atoms with van der Waals surface area (Å²) in [5.74, 6) is 0.0394. The van der Waals surface area contributed by atoms with Gasteiger partial charge in [0.2, 0.25) is 5.95 Å². The van der Waals surface area contributed by atoms with Gasteiger partial charge in [-0.2, -0.15) is 18.3 Å². The predicted octanol–water partition coefficient (Wildman–Crippen LogP) is 3.74. The Balaban J connectivity index is 1.55. The van der Waals surface area contributed by atoms with Crippen molar-refractivity contribution in [2.45, 2.75) is 38.9 Å². The fraction of sp³-hybridized carbons (Fsp3) is 0.409. The lowest BCUT2D eigenvalue weighted by Gasteiger charge is -2.40. The third-order valence-electron chi connectivity index (χ3n) is 5.79. The van der Waals surface area contributed by atoms with E-state index in [1.165, 1.54) is 0 Å². The monoisotopic (exact) mass is 459 g/mol. The fourth-order valence-corrected chi connectivity index (χ4v) is 4.01. The van der Waals surface area contributed by atoms with Crippen LogP contribution in [0.4, 0.5) is 19.1 Å². The molecule has 0 aromatic carbocycles. The van der Waals surface area contributed by atoms with Crippen LogP contribution in [0, 0.1) is 12.8 Å². The highest BCUT2D eigenvalue weighted by atomic mass is 19.4. The molecule has 174 valence electrons. The van der Waals surface area contributed by atoms with Crippen molar-refractivity contribution >= 4 is 11.9 Å². The largest absolute Gasteiger partial charge is 0.419 e. The van der Waals surface area contributed by atoms with Crippen molar-refractivity contribution in [2.75, 3.05) is 18.4 Å². The summed E-state index contributed by atoms with van der Waals surface area (Å²) in [6, 6.07) is 5.21. The fourth-order valence-electron chi connectivity index (χ4n) is 4.01. The molecule has 1 fully saturated rings. The van der Waals surface area contributed by atoms with Crippen molar-refractivity contribution in [1.82, 2.24) is 29.6 Å².